The van der Waals surface area contributed by atoms with Gasteiger partial charge in [0.25, 0.3) is 5.56 Å². The predicted octanol–water partition coefficient (Wildman–Crippen LogP) is 0.971. The van der Waals surface area contributed by atoms with Gasteiger partial charge in [0.05, 0.1) is 18.8 Å². The first-order valence-corrected chi connectivity index (χ1v) is 6.41. The molecule has 0 saturated carbocycles. The van der Waals surface area contributed by atoms with Crippen LogP contribution in [0.5, 0.6) is 0 Å². The van der Waals surface area contributed by atoms with Gasteiger partial charge in [-0.15, -0.1) is 0 Å². The maximum atomic E-state index is 12.2. The lowest BCUT2D eigenvalue weighted by Crippen LogP contribution is -2.30. The molecule has 2 aromatic heterocycles. The van der Waals surface area contributed by atoms with Crippen LogP contribution in [0.4, 0.5) is 0 Å². The number of pyridine rings is 1. The Morgan fingerprint density at radius 1 is 1.40 bits per heavy atom. The molecule has 1 unspecified atom stereocenters. The largest absolute Gasteiger partial charge is 0.383 e. The fourth-order valence-corrected chi connectivity index (χ4v) is 1.86. The van der Waals surface area contributed by atoms with Gasteiger partial charge in [0.1, 0.15) is 5.69 Å². The van der Waals surface area contributed by atoms with E-state index in [2.05, 4.69) is 10.1 Å². The van der Waals surface area contributed by atoms with Crippen LogP contribution >= 0.6 is 0 Å². The lowest BCUT2D eigenvalue weighted by atomic mass is 10.1. The summed E-state index contributed by atoms with van der Waals surface area (Å²) in [6, 6.07) is 6.90. The van der Waals surface area contributed by atoms with Crippen molar-refractivity contribution >= 4 is 0 Å². The fourth-order valence-electron chi connectivity index (χ4n) is 1.86. The zero-order chi connectivity index (χ0) is 14.5. The molecule has 20 heavy (non-hydrogen) atoms. The van der Waals surface area contributed by atoms with Crippen LogP contribution < -0.4 is 11.3 Å². The van der Waals surface area contributed by atoms with Crippen molar-refractivity contribution in [3.63, 3.8) is 0 Å². The highest BCUT2D eigenvalue weighted by Crippen LogP contribution is 2.15. The molecule has 0 radical (unpaired) electrons. The summed E-state index contributed by atoms with van der Waals surface area (Å²) >= 11 is 0. The average Bonchev–Trinajstić information content (AvgIpc) is 2.46. The lowest BCUT2D eigenvalue weighted by molar-refractivity contribution is 0.181. The van der Waals surface area contributed by atoms with E-state index in [0.29, 0.717) is 30.1 Å². The third kappa shape index (κ3) is 3.09. The van der Waals surface area contributed by atoms with Gasteiger partial charge < -0.3 is 10.5 Å². The van der Waals surface area contributed by atoms with Gasteiger partial charge in [-0.1, -0.05) is 6.07 Å². The van der Waals surface area contributed by atoms with Crippen LogP contribution in [0.3, 0.4) is 0 Å². The Bertz CT molecular complexity index is 623. The summed E-state index contributed by atoms with van der Waals surface area (Å²) < 4.78 is 6.38. The van der Waals surface area contributed by atoms with Crippen LogP contribution in [0.15, 0.2) is 35.3 Å². The zero-order valence-electron chi connectivity index (χ0n) is 11.6. The van der Waals surface area contributed by atoms with Crippen LogP contribution in [0.25, 0.3) is 11.4 Å². The van der Waals surface area contributed by atoms with E-state index < -0.39 is 0 Å². The highest BCUT2D eigenvalue weighted by Gasteiger charge is 2.13. The molecule has 2 heterocycles. The molecule has 2 rings (SSSR count). The SMILES string of the molecule is COCCn1nc(-c2ccccn2)cc(C(C)N)c1=O. The second kappa shape index (κ2) is 6.40. The molecule has 6 nitrogen and oxygen atoms in total. The Labute approximate surface area is 117 Å². The van der Waals surface area contributed by atoms with Crippen molar-refractivity contribution in [3.8, 4) is 11.4 Å². The standard InChI is InChI=1S/C14H18N4O2/c1-10(15)11-9-13(12-5-3-4-6-16-12)17-18(14(11)19)7-8-20-2/h3-6,9-10H,7-8,15H2,1-2H3. The molecule has 0 bridgehead atoms. The van der Waals surface area contributed by atoms with Gasteiger partial charge in [0.15, 0.2) is 0 Å². The minimum absolute atomic E-state index is 0.184. The maximum Gasteiger partial charge on any atom is 0.271 e. The summed E-state index contributed by atoms with van der Waals surface area (Å²) in [5.74, 6) is 0. The smallest absolute Gasteiger partial charge is 0.271 e. The van der Waals surface area contributed by atoms with Crippen molar-refractivity contribution in [1.29, 1.82) is 0 Å². The monoisotopic (exact) mass is 274 g/mol. The molecule has 0 aromatic carbocycles. The van der Waals surface area contributed by atoms with Crippen LogP contribution in [0.2, 0.25) is 0 Å². The van der Waals surface area contributed by atoms with Crippen molar-refractivity contribution in [2.24, 2.45) is 5.73 Å². The van der Waals surface area contributed by atoms with Crippen molar-refractivity contribution in [2.45, 2.75) is 19.5 Å². The average molecular weight is 274 g/mol. The van der Waals surface area contributed by atoms with Gasteiger partial charge in [0.2, 0.25) is 0 Å². The van der Waals surface area contributed by atoms with Crippen LogP contribution in [0.1, 0.15) is 18.5 Å². The normalized spacial score (nSPS) is 12.3. The summed E-state index contributed by atoms with van der Waals surface area (Å²) in [6.45, 7) is 2.58. The number of hydrogen-bond donors (Lipinski definition) is 1. The molecule has 106 valence electrons. The van der Waals surface area contributed by atoms with Crippen molar-refractivity contribution in [3.05, 3.63) is 46.4 Å². The molecule has 0 amide bonds. The molecule has 1 atom stereocenters. The van der Waals surface area contributed by atoms with E-state index in [1.807, 2.05) is 18.2 Å². The Morgan fingerprint density at radius 3 is 2.80 bits per heavy atom. The van der Waals surface area contributed by atoms with Gasteiger partial charge in [-0.05, 0) is 25.1 Å². The molecule has 0 spiro atoms. The zero-order valence-corrected chi connectivity index (χ0v) is 11.6. The Hall–Kier alpha value is -2.05. The molecule has 0 aliphatic carbocycles. The Kier molecular flexibility index (Phi) is 4.60. The number of hydrogen-bond acceptors (Lipinski definition) is 5. The molecular formula is C14H18N4O2. The summed E-state index contributed by atoms with van der Waals surface area (Å²) in [5, 5.41) is 4.33. The third-order valence-corrected chi connectivity index (χ3v) is 2.93. The molecule has 2 N–H and O–H groups in total. The van der Waals surface area contributed by atoms with Crippen molar-refractivity contribution in [1.82, 2.24) is 14.8 Å². The lowest BCUT2D eigenvalue weighted by Gasteiger charge is -2.12. The third-order valence-electron chi connectivity index (χ3n) is 2.93. The Balaban J connectivity index is 2.53. The first kappa shape index (κ1) is 14.4. The highest BCUT2D eigenvalue weighted by atomic mass is 16.5. The summed E-state index contributed by atoms with van der Waals surface area (Å²) in [6.07, 6.45) is 1.69. The van der Waals surface area contributed by atoms with E-state index in [0.717, 1.165) is 0 Å². The Morgan fingerprint density at radius 2 is 2.20 bits per heavy atom. The van der Waals surface area contributed by atoms with E-state index >= 15 is 0 Å². The molecule has 0 aliphatic rings. The molecular weight excluding hydrogens is 256 g/mol. The van der Waals surface area contributed by atoms with Gasteiger partial charge in [0, 0.05) is 24.9 Å². The van der Waals surface area contributed by atoms with Crippen LogP contribution in [-0.2, 0) is 11.3 Å². The second-order valence-corrected chi connectivity index (χ2v) is 4.51. The summed E-state index contributed by atoms with van der Waals surface area (Å²) in [4.78, 5) is 16.5. The van der Waals surface area contributed by atoms with Gasteiger partial charge >= 0.3 is 0 Å². The first-order valence-electron chi connectivity index (χ1n) is 6.41. The number of aromatic nitrogens is 3. The number of nitrogens with zero attached hydrogens (tertiary/aromatic N) is 3. The predicted molar refractivity (Wildman–Crippen MR) is 76.2 cm³/mol. The molecule has 0 fully saturated rings. The van der Waals surface area contributed by atoms with Crippen molar-refractivity contribution in [2.75, 3.05) is 13.7 Å². The summed E-state index contributed by atoms with van der Waals surface area (Å²) in [7, 11) is 1.58. The van der Waals surface area contributed by atoms with E-state index in [4.69, 9.17) is 10.5 Å². The highest BCUT2D eigenvalue weighted by molar-refractivity contribution is 5.53. The second-order valence-electron chi connectivity index (χ2n) is 4.51. The van der Waals surface area contributed by atoms with Crippen molar-refractivity contribution < 1.29 is 4.74 Å². The fraction of sp³-hybridized carbons (Fsp3) is 0.357. The summed E-state index contributed by atoms with van der Waals surface area (Å²) in [5.41, 5.74) is 7.55. The molecule has 6 heteroatoms. The van der Waals surface area contributed by atoms with Crippen LogP contribution in [-0.4, -0.2) is 28.5 Å². The van der Waals surface area contributed by atoms with Gasteiger partial charge in [-0.2, -0.15) is 5.10 Å². The number of rotatable bonds is 5. The first-order chi connectivity index (χ1) is 9.63. The van der Waals surface area contributed by atoms with E-state index in [9.17, 15) is 4.79 Å². The molecule has 2 aromatic rings. The molecule has 0 aliphatic heterocycles. The minimum Gasteiger partial charge on any atom is -0.383 e. The maximum absolute atomic E-state index is 12.2. The minimum atomic E-state index is -0.359. The van der Waals surface area contributed by atoms with E-state index in [1.165, 1.54) is 4.68 Å². The van der Waals surface area contributed by atoms with Gasteiger partial charge in [-0.3, -0.25) is 9.78 Å². The van der Waals surface area contributed by atoms with Gasteiger partial charge in [-0.25, -0.2) is 4.68 Å². The van der Waals surface area contributed by atoms with Crippen LogP contribution in [0, 0.1) is 0 Å². The number of ether oxygens (including phenoxy) is 1. The number of methoxy groups -OCH3 is 1. The van der Waals surface area contributed by atoms with E-state index in [1.54, 1.807) is 26.3 Å². The number of nitrogens with two attached hydrogens (primary N) is 1. The van der Waals surface area contributed by atoms with E-state index in [-0.39, 0.29) is 11.6 Å². The topological polar surface area (TPSA) is 83.0 Å². The quantitative estimate of drug-likeness (QED) is 0.878. The molecule has 0 saturated heterocycles.